The van der Waals surface area contributed by atoms with Crippen LogP contribution in [0.2, 0.25) is 0 Å². The van der Waals surface area contributed by atoms with Crippen molar-refractivity contribution in [1.82, 2.24) is 9.79 Å². The monoisotopic (exact) mass is 526 g/mol. The molecule has 0 atom stereocenters. The summed E-state index contributed by atoms with van der Waals surface area (Å²) in [6.45, 7) is -2.80. The lowest BCUT2D eigenvalue weighted by Gasteiger charge is -2.30. The topological polar surface area (TPSA) is 63.1 Å². The molecule has 4 rings (SSSR count). The van der Waals surface area contributed by atoms with E-state index in [0.717, 1.165) is 40.2 Å². The van der Waals surface area contributed by atoms with Gasteiger partial charge in [0.05, 0.1) is 0 Å². The number of unbranched alkanes of at least 4 members (excludes halogenated alkanes) is 3. The third-order valence-corrected chi connectivity index (χ3v) is 6.46. The molecule has 0 unspecified atom stereocenters. The number of hydrogen-bond donors (Lipinski definition) is 2. The van der Waals surface area contributed by atoms with E-state index in [4.69, 9.17) is 5.73 Å². The standard InChI is InChI=1S/C28H33BF2N4O.ClH/c30-29(31)34-24(13-7-6-12-23-10-4-3-5-11-23)14-16-26(34)22-27-17-15-25(35(27)29)18-19-28(36)33-21-9-2-1-8-20-32;/h3-7,10-17,22H,1-2,8-9,18-21,32H2,(H,33,36);1H/b12-6+,13-7+;. The van der Waals surface area contributed by atoms with Gasteiger partial charge in [0.25, 0.3) is 0 Å². The average molecular weight is 527 g/mol. The number of nitrogens with two attached hydrogens (primary N) is 1. The Kier molecular flexibility index (Phi) is 10.2. The first kappa shape index (κ1) is 28.3. The minimum Gasteiger partial charge on any atom is -0.394 e. The van der Waals surface area contributed by atoms with Gasteiger partial charge in [-0.3, -0.25) is 4.79 Å². The molecule has 0 fully saturated rings. The molecule has 37 heavy (non-hydrogen) atoms. The van der Waals surface area contributed by atoms with Crippen molar-refractivity contribution >= 4 is 43.1 Å². The fourth-order valence-electron chi connectivity index (χ4n) is 4.63. The van der Waals surface area contributed by atoms with E-state index in [9.17, 15) is 4.79 Å². The lowest BCUT2D eigenvalue weighted by atomic mass is 9.90. The molecule has 2 aliphatic heterocycles. The summed E-state index contributed by atoms with van der Waals surface area (Å²) in [7, 11) is 0. The van der Waals surface area contributed by atoms with Crippen LogP contribution in [0.5, 0.6) is 0 Å². The van der Waals surface area contributed by atoms with Gasteiger partial charge < -0.3 is 28.6 Å². The van der Waals surface area contributed by atoms with Gasteiger partial charge in [-0.2, -0.15) is 0 Å². The molecule has 2 aliphatic rings. The number of rotatable bonds is 12. The molecule has 2 aromatic rings. The second-order valence-electron chi connectivity index (χ2n) is 9.09. The van der Waals surface area contributed by atoms with Crippen LogP contribution in [0.15, 0.2) is 78.5 Å². The maximum absolute atomic E-state index is 15.8. The molecule has 0 saturated heterocycles. The van der Waals surface area contributed by atoms with Crippen molar-refractivity contribution < 1.29 is 17.9 Å². The zero-order valence-corrected chi connectivity index (χ0v) is 21.7. The summed E-state index contributed by atoms with van der Waals surface area (Å²) in [6.07, 6.45) is 16.8. The fourth-order valence-corrected chi connectivity index (χ4v) is 4.63. The second kappa shape index (κ2) is 13.4. The van der Waals surface area contributed by atoms with Gasteiger partial charge in [0, 0.05) is 43.0 Å². The van der Waals surface area contributed by atoms with E-state index in [2.05, 4.69) is 5.32 Å². The highest BCUT2D eigenvalue weighted by Gasteiger charge is 2.52. The average Bonchev–Trinajstić information content (AvgIpc) is 3.48. The molecule has 0 bridgehead atoms. The van der Waals surface area contributed by atoms with Gasteiger partial charge in [0.2, 0.25) is 5.91 Å². The number of aryl methyl sites for hydroxylation is 1. The van der Waals surface area contributed by atoms with Gasteiger partial charge >= 0.3 is 6.97 Å². The normalized spacial score (nSPS) is 15.6. The Morgan fingerprint density at radius 2 is 1.76 bits per heavy atom. The molecular weight excluding hydrogens is 493 g/mol. The van der Waals surface area contributed by atoms with Crippen LogP contribution >= 0.6 is 12.4 Å². The van der Waals surface area contributed by atoms with Crippen LogP contribution in [0.3, 0.4) is 0 Å². The molecule has 1 aromatic heterocycles. The van der Waals surface area contributed by atoms with E-state index < -0.39 is 6.97 Å². The van der Waals surface area contributed by atoms with Crippen molar-refractivity contribution in [3.63, 3.8) is 0 Å². The van der Waals surface area contributed by atoms with Crippen molar-refractivity contribution in [2.45, 2.75) is 38.5 Å². The van der Waals surface area contributed by atoms with E-state index in [0.29, 0.717) is 35.9 Å². The number of benzene rings is 1. The van der Waals surface area contributed by atoms with Crippen molar-refractivity contribution in [2.75, 3.05) is 13.1 Å². The quantitative estimate of drug-likeness (QED) is 0.223. The highest BCUT2D eigenvalue weighted by atomic mass is 35.5. The Hall–Kier alpha value is -3.23. The van der Waals surface area contributed by atoms with Gasteiger partial charge in [-0.1, -0.05) is 61.4 Å². The van der Waals surface area contributed by atoms with Crippen LogP contribution in [-0.4, -0.2) is 40.6 Å². The van der Waals surface area contributed by atoms with Crippen molar-refractivity contribution in [3.8, 4) is 0 Å². The van der Waals surface area contributed by atoms with E-state index in [1.54, 1.807) is 42.5 Å². The Morgan fingerprint density at radius 3 is 2.54 bits per heavy atom. The third-order valence-electron chi connectivity index (χ3n) is 6.46. The summed E-state index contributed by atoms with van der Waals surface area (Å²) < 4.78 is 33.9. The number of hydrogen-bond acceptors (Lipinski definition) is 2. The second-order valence-corrected chi connectivity index (χ2v) is 9.09. The van der Waals surface area contributed by atoms with Gasteiger partial charge in [0.1, 0.15) is 0 Å². The molecule has 1 aromatic carbocycles. The first-order valence-corrected chi connectivity index (χ1v) is 12.7. The Bertz CT molecular complexity index is 1230. The molecule has 0 spiro atoms. The SMILES string of the molecule is Cl.NCCCCCCNC(=O)CCc1ccc2n1[B-](F)(F)[N+]1=C(/C=C/C=C/c3ccccc3)C=CC1=C2. The van der Waals surface area contributed by atoms with E-state index in [1.807, 2.05) is 42.5 Å². The van der Waals surface area contributed by atoms with Gasteiger partial charge in [0.15, 0.2) is 11.4 Å². The fraction of sp³-hybridized carbons (Fsp3) is 0.286. The number of nitrogens with one attached hydrogen (secondary N) is 1. The molecule has 0 radical (unpaired) electrons. The predicted octanol–water partition coefficient (Wildman–Crippen LogP) is 5.35. The summed E-state index contributed by atoms with van der Waals surface area (Å²) in [5.41, 5.74) is 8.35. The van der Waals surface area contributed by atoms with Crippen LogP contribution in [0.4, 0.5) is 8.63 Å². The summed E-state index contributed by atoms with van der Waals surface area (Å²) in [5.74, 6) is -0.115. The zero-order valence-electron chi connectivity index (χ0n) is 20.9. The highest BCUT2D eigenvalue weighted by Crippen LogP contribution is 2.33. The number of nitrogens with zero attached hydrogens (tertiary/aromatic N) is 2. The highest BCUT2D eigenvalue weighted by molar-refractivity contribution is 6.58. The van der Waals surface area contributed by atoms with Gasteiger partial charge in [-0.25, -0.2) is 0 Å². The zero-order chi connectivity index (χ0) is 25.4. The molecule has 0 aliphatic carbocycles. The van der Waals surface area contributed by atoms with E-state index in [1.165, 1.54) is 0 Å². The summed E-state index contributed by atoms with van der Waals surface area (Å²) in [6, 6.07) is 13.2. The minimum atomic E-state index is -4.09. The molecule has 3 N–H and O–H groups in total. The third kappa shape index (κ3) is 6.96. The van der Waals surface area contributed by atoms with E-state index in [-0.39, 0.29) is 31.2 Å². The number of halogens is 3. The maximum Gasteiger partial charge on any atom is 0.737 e. The summed E-state index contributed by atoms with van der Waals surface area (Å²) >= 11 is 0. The predicted molar refractivity (Wildman–Crippen MR) is 151 cm³/mol. The van der Waals surface area contributed by atoms with Crippen LogP contribution in [0.25, 0.3) is 12.2 Å². The smallest absolute Gasteiger partial charge is 0.394 e. The van der Waals surface area contributed by atoms with Crippen LogP contribution in [0, 0.1) is 0 Å². The Balaban J connectivity index is 0.00000380. The molecular formula is C28H34BClF2N4O. The molecule has 0 saturated carbocycles. The molecule has 9 heteroatoms. The minimum absolute atomic E-state index is 0. The molecule has 5 nitrogen and oxygen atoms in total. The summed E-state index contributed by atoms with van der Waals surface area (Å²) in [4.78, 5) is 12.3. The Labute approximate surface area is 223 Å². The molecule has 3 heterocycles. The number of amides is 1. The van der Waals surface area contributed by atoms with Crippen molar-refractivity contribution in [2.24, 2.45) is 5.73 Å². The van der Waals surface area contributed by atoms with Gasteiger partial charge in [-0.15, -0.1) is 12.4 Å². The first-order chi connectivity index (χ1) is 17.5. The molecule has 196 valence electrons. The lowest BCUT2D eigenvalue weighted by molar-refractivity contribution is -0.360. The number of carbonyl (C=O) groups excluding carboxylic acids is 1. The number of fused-ring (bicyclic) bond motifs is 2. The van der Waals surface area contributed by atoms with Crippen molar-refractivity contribution in [3.05, 3.63) is 95.5 Å². The van der Waals surface area contributed by atoms with Crippen LogP contribution in [0.1, 0.15) is 49.1 Å². The van der Waals surface area contributed by atoms with Crippen LogP contribution in [-0.2, 0) is 11.2 Å². The number of aromatic nitrogens is 1. The van der Waals surface area contributed by atoms with Gasteiger partial charge in [-0.05, 0) is 49.2 Å². The number of allylic oxidation sites excluding steroid dienone is 5. The maximum atomic E-state index is 15.8. The lowest BCUT2D eigenvalue weighted by Crippen LogP contribution is -2.50. The Morgan fingerprint density at radius 1 is 1.00 bits per heavy atom. The van der Waals surface area contributed by atoms with E-state index >= 15 is 8.63 Å². The molecule has 1 amide bonds. The van der Waals surface area contributed by atoms with Crippen LogP contribution < -0.4 is 11.1 Å². The summed E-state index contributed by atoms with van der Waals surface area (Å²) in [5, 5.41) is 2.89. The number of carbonyl (C=O) groups is 1. The van der Waals surface area contributed by atoms with Crippen molar-refractivity contribution in [1.29, 1.82) is 0 Å². The first-order valence-electron chi connectivity index (χ1n) is 12.7. The largest absolute Gasteiger partial charge is 0.737 e.